The molecule has 5 atom stereocenters. The van der Waals surface area contributed by atoms with Crippen LogP contribution < -0.4 is 5.32 Å². The Hall–Kier alpha value is -2.29. The Morgan fingerprint density at radius 2 is 1.82 bits per heavy atom. The molecule has 7 heteroatoms. The van der Waals surface area contributed by atoms with Gasteiger partial charge in [-0.3, -0.25) is 9.69 Å². The lowest BCUT2D eigenvalue weighted by atomic mass is 9.90. The van der Waals surface area contributed by atoms with Crippen LogP contribution >= 0.6 is 0 Å². The van der Waals surface area contributed by atoms with Crippen LogP contribution in [0.5, 0.6) is 0 Å². The number of nitrogens with zero attached hydrogens (tertiary/aromatic N) is 1. The quantitative estimate of drug-likeness (QED) is 0.609. The van der Waals surface area contributed by atoms with Crippen LogP contribution in [-0.2, 0) is 25.6 Å². The Labute approximate surface area is 202 Å². The average molecular weight is 469 g/mol. The van der Waals surface area contributed by atoms with Crippen molar-refractivity contribution in [2.75, 3.05) is 32.1 Å². The van der Waals surface area contributed by atoms with Gasteiger partial charge in [-0.1, -0.05) is 43.3 Å². The highest BCUT2D eigenvalue weighted by Crippen LogP contribution is 2.42. The van der Waals surface area contributed by atoms with Crippen molar-refractivity contribution in [2.45, 2.75) is 57.8 Å². The maximum Gasteiger partial charge on any atom is 0.221 e. The molecular weight excluding hydrogens is 432 g/mol. The molecule has 7 nitrogen and oxygen atoms in total. The van der Waals surface area contributed by atoms with Crippen LogP contribution in [0.3, 0.4) is 0 Å². The number of amides is 1. The lowest BCUT2D eigenvalue weighted by Gasteiger charge is -2.43. The molecule has 2 aliphatic rings. The Bertz CT molecular complexity index is 933. The van der Waals surface area contributed by atoms with E-state index in [0.717, 1.165) is 48.5 Å². The summed E-state index contributed by atoms with van der Waals surface area (Å²) in [6.07, 6.45) is 1.64. The fourth-order valence-corrected chi connectivity index (χ4v) is 5.00. The zero-order chi connectivity index (χ0) is 24.1. The third-order valence-electron chi connectivity index (χ3n) is 6.90. The largest absolute Gasteiger partial charge is 0.392 e. The van der Waals surface area contributed by atoms with Crippen molar-refractivity contribution in [1.82, 2.24) is 4.90 Å². The first kappa shape index (κ1) is 24.8. The van der Waals surface area contributed by atoms with E-state index in [1.807, 2.05) is 48.5 Å². The van der Waals surface area contributed by atoms with Gasteiger partial charge < -0.3 is 24.6 Å². The predicted molar refractivity (Wildman–Crippen MR) is 130 cm³/mol. The van der Waals surface area contributed by atoms with Crippen LogP contribution in [0.4, 0.5) is 5.69 Å². The van der Waals surface area contributed by atoms with Crippen LogP contribution in [0, 0.1) is 5.92 Å². The minimum atomic E-state index is -0.515. The average Bonchev–Trinajstić information content (AvgIpc) is 3.27. The number of likely N-dealkylation sites (tertiary alicyclic amines) is 1. The summed E-state index contributed by atoms with van der Waals surface area (Å²) in [5.41, 5.74) is 3.61. The molecule has 2 aromatic rings. The number of aliphatic hydroxyl groups is 1. The molecule has 2 heterocycles. The zero-order valence-electron chi connectivity index (χ0n) is 20.3. The summed E-state index contributed by atoms with van der Waals surface area (Å²) in [5, 5.41) is 12.2. The molecule has 0 saturated carbocycles. The third-order valence-corrected chi connectivity index (χ3v) is 6.90. The first-order valence-electron chi connectivity index (χ1n) is 12.1. The van der Waals surface area contributed by atoms with Crippen LogP contribution in [0.1, 0.15) is 55.8 Å². The normalized spacial score (nSPS) is 27.6. The van der Waals surface area contributed by atoms with E-state index in [9.17, 15) is 9.90 Å². The first-order valence-corrected chi connectivity index (χ1v) is 12.1. The summed E-state index contributed by atoms with van der Waals surface area (Å²) in [6.45, 7) is 6.31. The molecule has 2 N–H and O–H groups in total. The lowest BCUT2D eigenvalue weighted by molar-refractivity contribution is -0.276. The van der Waals surface area contributed by atoms with Crippen LogP contribution in [0.15, 0.2) is 48.5 Å². The number of carbonyl (C=O) groups excluding carboxylic acids is 1. The highest BCUT2D eigenvalue weighted by Gasteiger charge is 2.40. The van der Waals surface area contributed by atoms with Crippen molar-refractivity contribution in [2.24, 2.45) is 5.92 Å². The fraction of sp³-hybridized carbons (Fsp3) is 0.519. The fourth-order valence-electron chi connectivity index (χ4n) is 5.00. The second-order valence-electron chi connectivity index (χ2n) is 9.37. The van der Waals surface area contributed by atoms with Gasteiger partial charge in [0.1, 0.15) is 0 Å². The molecule has 0 spiro atoms. The highest BCUT2D eigenvalue weighted by atomic mass is 16.7. The van der Waals surface area contributed by atoms with E-state index in [2.05, 4.69) is 17.1 Å². The summed E-state index contributed by atoms with van der Waals surface area (Å²) in [7, 11) is 1.76. The van der Waals surface area contributed by atoms with Crippen molar-refractivity contribution >= 4 is 11.6 Å². The summed E-state index contributed by atoms with van der Waals surface area (Å²) < 4.78 is 18.5. The molecule has 0 radical (unpaired) electrons. The molecule has 0 unspecified atom stereocenters. The smallest absolute Gasteiger partial charge is 0.221 e. The highest BCUT2D eigenvalue weighted by molar-refractivity contribution is 5.88. The number of benzene rings is 2. The third kappa shape index (κ3) is 5.85. The molecule has 184 valence electrons. The minimum Gasteiger partial charge on any atom is -0.392 e. The molecule has 2 aromatic carbocycles. The predicted octanol–water partition coefficient (Wildman–Crippen LogP) is 4.04. The van der Waals surface area contributed by atoms with Crippen molar-refractivity contribution in [3.63, 3.8) is 0 Å². The number of ether oxygens (including phenoxy) is 3. The molecule has 34 heavy (non-hydrogen) atoms. The van der Waals surface area contributed by atoms with Crippen molar-refractivity contribution in [1.29, 1.82) is 0 Å². The minimum absolute atomic E-state index is 0.0197. The van der Waals surface area contributed by atoms with Gasteiger partial charge in [-0.2, -0.15) is 0 Å². The first-order chi connectivity index (χ1) is 16.5. The van der Waals surface area contributed by atoms with E-state index >= 15 is 0 Å². The van der Waals surface area contributed by atoms with Gasteiger partial charge in [-0.25, -0.2) is 0 Å². The maximum absolute atomic E-state index is 11.4. The Morgan fingerprint density at radius 3 is 2.47 bits per heavy atom. The molecule has 0 aliphatic carbocycles. The number of nitrogens with one attached hydrogen (secondary N) is 1. The van der Waals surface area contributed by atoms with Crippen LogP contribution in [-0.4, -0.2) is 54.9 Å². The van der Waals surface area contributed by atoms with E-state index in [-0.39, 0.29) is 30.6 Å². The number of carbonyl (C=O) groups is 1. The second kappa shape index (κ2) is 11.4. The van der Waals surface area contributed by atoms with Crippen molar-refractivity contribution < 1.29 is 24.1 Å². The van der Waals surface area contributed by atoms with E-state index < -0.39 is 6.29 Å². The van der Waals surface area contributed by atoms with Gasteiger partial charge in [-0.15, -0.1) is 0 Å². The summed E-state index contributed by atoms with van der Waals surface area (Å²) >= 11 is 0. The van der Waals surface area contributed by atoms with Gasteiger partial charge in [0.25, 0.3) is 0 Å². The van der Waals surface area contributed by atoms with Crippen LogP contribution in [0.25, 0.3) is 0 Å². The monoisotopic (exact) mass is 468 g/mol. The lowest BCUT2D eigenvalue weighted by Crippen LogP contribution is -2.46. The van der Waals surface area contributed by atoms with Gasteiger partial charge in [0, 0.05) is 43.8 Å². The number of hydrogen-bond acceptors (Lipinski definition) is 6. The Kier molecular flexibility index (Phi) is 8.34. The molecule has 0 aromatic heterocycles. The second-order valence-corrected chi connectivity index (χ2v) is 9.37. The number of methoxy groups -OCH3 is 1. The van der Waals surface area contributed by atoms with Crippen LogP contribution in [0.2, 0.25) is 0 Å². The molecule has 1 amide bonds. The van der Waals surface area contributed by atoms with E-state index in [0.29, 0.717) is 6.04 Å². The van der Waals surface area contributed by atoms with Gasteiger partial charge in [0.2, 0.25) is 5.91 Å². The summed E-state index contributed by atoms with van der Waals surface area (Å²) in [4.78, 5) is 13.9. The standard InChI is InChI=1S/C27H36N2O5/c1-18-25(15-29-14-4-5-24(29)17-32-3)33-27(22-10-12-23(13-11-22)28-19(2)31)34-26(18)21-8-6-20(16-30)7-9-21/h6-13,18,24-27,30H,4-5,14-17H2,1-3H3,(H,28,31)/t18-,24-,25+,26+,27+/m0/s1. The Balaban J connectivity index is 1.57. The molecule has 2 aliphatic heterocycles. The number of rotatable bonds is 8. The topological polar surface area (TPSA) is 80.3 Å². The van der Waals surface area contributed by atoms with Gasteiger partial charge >= 0.3 is 0 Å². The van der Waals surface area contributed by atoms with Gasteiger partial charge in [-0.05, 0) is 42.6 Å². The van der Waals surface area contributed by atoms with Crippen molar-refractivity contribution in [3.8, 4) is 0 Å². The van der Waals surface area contributed by atoms with Crippen molar-refractivity contribution in [3.05, 3.63) is 65.2 Å². The van der Waals surface area contributed by atoms with E-state index in [1.165, 1.54) is 13.3 Å². The van der Waals surface area contributed by atoms with Gasteiger partial charge in [0.15, 0.2) is 6.29 Å². The molecule has 0 bridgehead atoms. The molecular formula is C27H36N2O5. The molecule has 2 saturated heterocycles. The molecule has 2 fully saturated rings. The zero-order valence-corrected chi connectivity index (χ0v) is 20.3. The van der Waals surface area contributed by atoms with Gasteiger partial charge in [0.05, 0.1) is 25.4 Å². The summed E-state index contributed by atoms with van der Waals surface area (Å²) in [6, 6.07) is 16.0. The Morgan fingerprint density at radius 1 is 1.12 bits per heavy atom. The maximum atomic E-state index is 11.4. The number of anilines is 1. The summed E-state index contributed by atoms with van der Waals surface area (Å²) in [5.74, 6) is 0.0353. The van der Waals surface area contributed by atoms with E-state index in [4.69, 9.17) is 14.2 Å². The number of hydrogen-bond donors (Lipinski definition) is 2. The van der Waals surface area contributed by atoms with E-state index in [1.54, 1.807) is 7.11 Å². The molecule has 4 rings (SSSR count). The number of aliphatic hydroxyl groups excluding tert-OH is 1. The SMILES string of the molecule is COC[C@@H]1CCCN1C[C@H]1O[C@@H](c2ccc(NC(C)=O)cc2)O[C@@H](c2ccc(CO)cc2)[C@H]1C.